The Morgan fingerprint density at radius 3 is 2.60 bits per heavy atom. The molecule has 300 valence electrons. The molecular weight excluding hydrogens is 748 g/mol. The Bertz CT molecular complexity index is 2380. The molecule has 5 aliphatic heterocycles. The van der Waals surface area contributed by atoms with Gasteiger partial charge in [-0.05, 0) is 73.4 Å². The van der Waals surface area contributed by atoms with E-state index in [9.17, 15) is 24.3 Å². The number of nitrogens with one attached hydrogen (secondary N) is 3. The molecule has 5 atom stereocenters. The van der Waals surface area contributed by atoms with E-state index in [0.29, 0.717) is 75.6 Å². The fourth-order valence-electron chi connectivity index (χ4n) is 9.62. The standard InChI is InChI=1S/C42H43FN8O7/c1-21-29(17-46-39-36(21)44-8-11-57-39)27-12-23-14-34(45-16-24(23)13-32(27)43)47-42(56)58-37-30-19-49(20-31(30)37)18-22-6-9-50(10-7-22)25-2-3-26-28(15-25)41(55)51(40(26)54)33-4-5-35(52)48-38(33)53/h2-3,12-17,22,30-31,33,37,40,44,54H,4-11,18-20H2,1H3,(H,45,47,56)(H,48,52,53)/t30-,31+,33?,37?,40?. The number of amides is 4. The lowest BCUT2D eigenvalue weighted by Gasteiger charge is -2.35. The number of anilines is 3. The summed E-state index contributed by atoms with van der Waals surface area (Å²) in [5.41, 5.74) is 4.43. The predicted molar refractivity (Wildman–Crippen MR) is 210 cm³/mol. The highest BCUT2D eigenvalue weighted by Crippen LogP contribution is 2.48. The van der Waals surface area contributed by atoms with E-state index < -0.39 is 36.0 Å². The Labute approximate surface area is 332 Å². The SMILES string of the molecule is Cc1c(-c2cc3cc(NC(=O)OC4[C@H]5CN(CC6CCN(c7ccc8c(c7)C(=O)N(C7CCC(=O)NC7=O)C8O)CC6)C[C@@H]45)ncc3cc2F)cnc2c1NCCO2. The van der Waals surface area contributed by atoms with E-state index in [0.717, 1.165) is 62.5 Å². The number of piperidine rings is 3. The van der Waals surface area contributed by atoms with E-state index in [4.69, 9.17) is 9.47 Å². The lowest BCUT2D eigenvalue weighted by Crippen LogP contribution is -2.53. The van der Waals surface area contributed by atoms with Crippen molar-refractivity contribution in [1.82, 2.24) is 25.1 Å². The molecule has 2 aromatic heterocycles. The number of aromatic nitrogens is 2. The highest BCUT2D eigenvalue weighted by molar-refractivity contribution is 6.06. The molecule has 1 saturated carbocycles. The summed E-state index contributed by atoms with van der Waals surface area (Å²) in [5.74, 6) is 0.220. The second kappa shape index (κ2) is 14.2. The van der Waals surface area contributed by atoms with Crippen molar-refractivity contribution in [3.8, 4) is 17.0 Å². The van der Waals surface area contributed by atoms with E-state index in [2.05, 4.69) is 35.7 Å². The number of imide groups is 1. The first-order chi connectivity index (χ1) is 28.1. The zero-order valence-electron chi connectivity index (χ0n) is 31.9. The molecule has 0 spiro atoms. The average molecular weight is 791 g/mol. The maximum atomic E-state index is 15.3. The first kappa shape index (κ1) is 36.5. The minimum Gasteiger partial charge on any atom is -0.474 e. The first-order valence-corrected chi connectivity index (χ1v) is 20.0. The van der Waals surface area contributed by atoms with Crippen LogP contribution in [0.1, 0.15) is 53.4 Å². The van der Waals surface area contributed by atoms with Gasteiger partial charge in [-0.1, -0.05) is 6.07 Å². The van der Waals surface area contributed by atoms with Crippen molar-refractivity contribution in [2.75, 3.05) is 61.4 Å². The summed E-state index contributed by atoms with van der Waals surface area (Å²) in [7, 11) is 0. The number of rotatable bonds is 7. The lowest BCUT2D eigenvalue weighted by atomic mass is 9.95. The van der Waals surface area contributed by atoms with Gasteiger partial charge in [0.1, 0.15) is 36.1 Å². The largest absolute Gasteiger partial charge is 0.474 e. The highest BCUT2D eigenvalue weighted by atomic mass is 19.1. The summed E-state index contributed by atoms with van der Waals surface area (Å²) in [5, 5.41) is 20.6. The molecule has 2 aromatic carbocycles. The van der Waals surface area contributed by atoms with Gasteiger partial charge >= 0.3 is 6.09 Å². The molecule has 4 fully saturated rings. The van der Waals surface area contributed by atoms with Crippen molar-refractivity contribution in [1.29, 1.82) is 0 Å². The van der Waals surface area contributed by atoms with Gasteiger partial charge in [-0.15, -0.1) is 0 Å². The quantitative estimate of drug-likeness (QED) is 0.197. The third-order valence-corrected chi connectivity index (χ3v) is 12.8. The molecule has 0 bridgehead atoms. The van der Waals surface area contributed by atoms with E-state index in [1.807, 2.05) is 19.1 Å². The van der Waals surface area contributed by atoms with Crippen LogP contribution in [-0.2, 0) is 14.3 Å². The van der Waals surface area contributed by atoms with Gasteiger partial charge in [-0.2, -0.15) is 0 Å². The summed E-state index contributed by atoms with van der Waals surface area (Å²) < 4.78 is 26.8. The number of hydrogen-bond acceptors (Lipinski definition) is 12. The number of aliphatic hydroxyl groups is 1. The minimum absolute atomic E-state index is 0.122. The molecule has 4 N–H and O–H groups in total. The Hall–Kier alpha value is -5.87. The number of ether oxygens (including phenoxy) is 2. The van der Waals surface area contributed by atoms with Gasteiger partial charge in [0.25, 0.3) is 5.91 Å². The lowest BCUT2D eigenvalue weighted by molar-refractivity contribution is -0.139. The third kappa shape index (κ3) is 6.43. The molecule has 7 heterocycles. The number of fused-ring (bicyclic) bond motifs is 4. The van der Waals surface area contributed by atoms with Crippen LogP contribution < -0.4 is 25.6 Å². The molecule has 16 heteroatoms. The van der Waals surface area contributed by atoms with Crippen LogP contribution in [0.5, 0.6) is 5.88 Å². The molecule has 3 unspecified atom stereocenters. The fourth-order valence-corrected chi connectivity index (χ4v) is 9.62. The van der Waals surface area contributed by atoms with Gasteiger partial charge < -0.3 is 29.7 Å². The number of pyridine rings is 2. The van der Waals surface area contributed by atoms with Crippen LogP contribution in [0.4, 0.5) is 26.4 Å². The first-order valence-electron chi connectivity index (χ1n) is 20.0. The van der Waals surface area contributed by atoms with Gasteiger partial charge in [0, 0.05) is 103 Å². The van der Waals surface area contributed by atoms with Crippen molar-refractivity contribution in [2.24, 2.45) is 17.8 Å². The molecular formula is C42H43FN8O7. The van der Waals surface area contributed by atoms with Crippen molar-refractivity contribution < 1.29 is 38.1 Å². The van der Waals surface area contributed by atoms with Crippen LogP contribution in [0.3, 0.4) is 0 Å². The van der Waals surface area contributed by atoms with E-state index in [-0.39, 0.29) is 24.9 Å². The maximum Gasteiger partial charge on any atom is 0.413 e. The van der Waals surface area contributed by atoms with Crippen LogP contribution in [-0.4, -0.2) is 107 Å². The Kier molecular flexibility index (Phi) is 8.93. The van der Waals surface area contributed by atoms with Crippen molar-refractivity contribution >= 4 is 51.8 Å². The number of hydrogen-bond donors (Lipinski definition) is 4. The predicted octanol–water partition coefficient (Wildman–Crippen LogP) is 4.20. The van der Waals surface area contributed by atoms with E-state index in [1.54, 1.807) is 24.4 Å². The van der Waals surface area contributed by atoms with Gasteiger partial charge in [-0.25, -0.2) is 19.2 Å². The Balaban J connectivity index is 0.701. The van der Waals surface area contributed by atoms with Crippen LogP contribution in [0.25, 0.3) is 21.9 Å². The molecule has 15 nitrogen and oxygen atoms in total. The number of benzene rings is 2. The third-order valence-electron chi connectivity index (χ3n) is 12.8. The van der Waals surface area contributed by atoms with Crippen LogP contribution in [0, 0.1) is 30.5 Å². The number of halogens is 1. The van der Waals surface area contributed by atoms with Gasteiger partial charge in [-0.3, -0.25) is 29.9 Å². The summed E-state index contributed by atoms with van der Waals surface area (Å²) in [6.45, 7) is 7.48. The molecule has 58 heavy (non-hydrogen) atoms. The van der Waals surface area contributed by atoms with E-state index in [1.165, 1.54) is 17.2 Å². The monoisotopic (exact) mass is 790 g/mol. The second-order valence-corrected chi connectivity index (χ2v) is 16.3. The molecule has 0 radical (unpaired) electrons. The summed E-state index contributed by atoms with van der Waals surface area (Å²) in [6.07, 6.45) is 3.53. The summed E-state index contributed by atoms with van der Waals surface area (Å²) in [4.78, 5) is 65.1. The van der Waals surface area contributed by atoms with Gasteiger partial charge in [0.05, 0.1) is 0 Å². The number of likely N-dealkylation sites (tertiary alicyclic amines) is 1. The topological polar surface area (TPSA) is 179 Å². The second-order valence-electron chi connectivity index (χ2n) is 16.3. The minimum atomic E-state index is -1.23. The molecule has 1 aliphatic carbocycles. The van der Waals surface area contributed by atoms with Crippen molar-refractivity contribution in [3.63, 3.8) is 0 Å². The van der Waals surface area contributed by atoms with Crippen molar-refractivity contribution in [3.05, 3.63) is 71.3 Å². The van der Waals surface area contributed by atoms with E-state index >= 15 is 4.39 Å². The Morgan fingerprint density at radius 2 is 1.81 bits per heavy atom. The summed E-state index contributed by atoms with van der Waals surface area (Å²) in [6, 6.07) is 9.51. The number of carbonyl (C=O) groups is 4. The highest BCUT2D eigenvalue weighted by Gasteiger charge is 2.58. The molecule has 3 saturated heterocycles. The molecule has 6 aliphatic rings. The molecule has 4 amide bonds. The molecule has 4 aromatic rings. The maximum absolute atomic E-state index is 15.3. The van der Waals surface area contributed by atoms with Crippen LogP contribution in [0.15, 0.2) is 48.8 Å². The number of carbonyl (C=O) groups excluding carboxylic acids is 4. The normalized spacial score (nSPS) is 25.4. The van der Waals surface area contributed by atoms with Gasteiger partial charge in [0.15, 0.2) is 6.23 Å². The number of nitrogens with zero attached hydrogens (tertiary/aromatic N) is 5. The Morgan fingerprint density at radius 1 is 1.00 bits per heavy atom. The van der Waals surface area contributed by atoms with Crippen LogP contribution in [0.2, 0.25) is 0 Å². The van der Waals surface area contributed by atoms with Crippen molar-refractivity contribution in [2.45, 2.75) is 51.0 Å². The zero-order chi connectivity index (χ0) is 39.8. The summed E-state index contributed by atoms with van der Waals surface area (Å²) >= 11 is 0. The van der Waals surface area contributed by atoms with Gasteiger partial charge in [0.2, 0.25) is 17.7 Å². The zero-order valence-corrected chi connectivity index (χ0v) is 31.9. The average Bonchev–Trinajstić information content (AvgIpc) is 3.52. The van der Waals surface area contributed by atoms with Crippen LogP contribution >= 0.6 is 0 Å². The molecule has 10 rings (SSSR count). The fraction of sp³-hybridized carbons (Fsp3) is 0.429. The smallest absolute Gasteiger partial charge is 0.413 e. The number of aliphatic hydroxyl groups excluding tert-OH is 1.